The molecule has 0 radical (unpaired) electrons. The lowest BCUT2D eigenvalue weighted by Crippen LogP contribution is -2.34. The fourth-order valence-corrected chi connectivity index (χ4v) is 3.96. The highest BCUT2D eigenvalue weighted by Crippen LogP contribution is 2.34. The first-order valence-corrected chi connectivity index (χ1v) is 9.21. The summed E-state index contributed by atoms with van der Waals surface area (Å²) in [5, 5.41) is 6.89. The highest BCUT2D eigenvalue weighted by atomic mass is 32.1. The summed E-state index contributed by atoms with van der Waals surface area (Å²) in [5.74, 6) is -0.106. The van der Waals surface area contributed by atoms with Crippen molar-refractivity contribution in [3.63, 3.8) is 0 Å². The Morgan fingerprint density at radius 3 is 2.83 bits per heavy atom. The lowest BCUT2D eigenvalue weighted by molar-refractivity contribution is -0.118. The summed E-state index contributed by atoms with van der Waals surface area (Å²) in [7, 11) is 0. The molecule has 0 aliphatic heterocycles. The first-order chi connectivity index (χ1) is 11.6. The monoisotopic (exact) mass is 346 g/mol. The lowest BCUT2D eigenvalue weighted by atomic mass is 9.82. The number of nitrogens with two attached hydrogens (primary N) is 1. The van der Waals surface area contributed by atoms with Gasteiger partial charge in [0.05, 0.1) is 23.6 Å². The van der Waals surface area contributed by atoms with Gasteiger partial charge in [-0.1, -0.05) is 19.3 Å². The number of hydrogen-bond acceptors (Lipinski definition) is 4. The van der Waals surface area contributed by atoms with E-state index < -0.39 is 5.91 Å². The van der Waals surface area contributed by atoms with Gasteiger partial charge >= 0.3 is 0 Å². The van der Waals surface area contributed by atoms with E-state index in [0.717, 1.165) is 18.5 Å². The van der Waals surface area contributed by atoms with Crippen molar-refractivity contribution in [2.75, 3.05) is 0 Å². The highest BCUT2D eigenvalue weighted by Gasteiger charge is 2.28. The topological polar surface area (TPSA) is 90.0 Å². The van der Waals surface area contributed by atoms with Gasteiger partial charge in [-0.3, -0.25) is 9.59 Å². The van der Waals surface area contributed by atoms with Crippen LogP contribution in [0.5, 0.6) is 0 Å². The van der Waals surface area contributed by atoms with Gasteiger partial charge in [0, 0.05) is 11.6 Å². The minimum atomic E-state index is -0.407. The molecule has 1 atom stereocenters. The molecule has 0 unspecified atom stereocenters. The van der Waals surface area contributed by atoms with Crippen molar-refractivity contribution in [1.82, 2.24) is 14.9 Å². The molecular weight excluding hydrogens is 324 g/mol. The average Bonchev–Trinajstić information content (AvgIpc) is 3.24. The molecule has 6 nitrogen and oxygen atoms in total. The number of thiophene rings is 1. The maximum absolute atomic E-state index is 12.5. The fraction of sp³-hybridized carbons (Fsp3) is 0.471. The Balaban J connectivity index is 1.79. The van der Waals surface area contributed by atoms with Gasteiger partial charge in [0.1, 0.15) is 6.54 Å². The largest absolute Gasteiger partial charge is 0.368 e. The number of nitrogens with zero attached hydrogens (tertiary/aromatic N) is 2. The Kier molecular flexibility index (Phi) is 5.30. The molecule has 24 heavy (non-hydrogen) atoms. The molecule has 0 aromatic carbocycles. The molecule has 2 heterocycles. The molecule has 3 N–H and O–H groups in total. The average molecular weight is 346 g/mol. The molecule has 128 valence electrons. The number of imidazole rings is 1. The van der Waals surface area contributed by atoms with Crippen molar-refractivity contribution in [3.05, 3.63) is 40.6 Å². The first-order valence-electron chi connectivity index (χ1n) is 8.26. The summed E-state index contributed by atoms with van der Waals surface area (Å²) in [6.07, 6.45) is 9.19. The van der Waals surface area contributed by atoms with Crippen LogP contribution in [-0.4, -0.2) is 21.4 Å². The maximum atomic E-state index is 12.5. The maximum Gasteiger partial charge on any atom is 0.252 e. The molecule has 2 amide bonds. The van der Waals surface area contributed by atoms with E-state index >= 15 is 0 Å². The van der Waals surface area contributed by atoms with Crippen molar-refractivity contribution < 1.29 is 9.59 Å². The van der Waals surface area contributed by atoms with Crippen molar-refractivity contribution in [1.29, 1.82) is 0 Å². The zero-order valence-electron chi connectivity index (χ0n) is 13.5. The van der Waals surface area contributed by atoms with Crippen molar-refractivity contribution in [2.24, 2.45) is 11.7 Å². The predicted molar refractivity (Wildman–Crippen MR) is 92.5 cm³/mol. The summed E-state index contributed by atoms with van der Waals surface area (Å²) in [6.45, 7) is 0.100. The zero-order chi connectivity index (χ0) is 16.9. The number of hydrogen-bond donors (Lipinski definition) is 2. The van der Waals surface area contributed by atoms with Crippen molar-refractivity contribution in [3.8, 4) is 0 Å². The van der Waals surface area contributed by atoms with E-state index in [1.165, 1.54) is 30.6 Å². The molecule has 0 saturated heterocycles. The normalized spacial score (nSPS) is 16.7. The number of nitrogens with one attached hydrogen (secondary N) is 1. The van der Waals surface area contributed by atoms with Crippen LogP contribution in [0.25, 0.3) is 0 Å². The number of carbonyl (C=O) groups excluding carboxylic acids is 2. The summed E-state index contributed by atoms with van der Waals surface area (Å²) in [5.41, 5.74) is 6.72. The Morgan fingerprint density at radius 2 is 2.17 bits per heavy atom. The number of amides is 2. The molecular formula is C17H22N4O2S. The van der Waals surface area contributed by atoms with Gasteiger partial charge < -0.3 is 15.6 Å². The molecule has 1 saturated carbocycles. The predicted octanol–water partition coefficient (Wildman–Crippen LogP) is 2.48. The first kappa shape index (κ1) is 16.7. The number of aromatic nitrogens is 2. The molecule has 0 spiro atoms. The van der Waals surface area contributed by atoms with Gasteiger partial charge in [-0.05, 0) is 30.2 Å². The SMILES string of the molecule is NC(=O)Cn1cnc([C@@H](NC(=O)c2ccsc2)C2CCCCC2)c1. The van der Waals surface area contributed by atoms with Crippen LogP contribution in [0.2, 0.25) is 0 Å². The standard InChI is InChI=1S/C17H22N4O2S/c18-15(22)9-21-8-14(19-11-21)16(12-4-2-1-3-5-12)20-17(23)13-6-7-24-10-13/h6-8,10-12,16H,1-5,9H2,(H2,18,22)(H,20,23)/t16-/m0/s1. The zero-order valence-corrected chi connectivity index (χ0v) is 14.3. The van der Waals surface area contributed by atoms with E-state index in [2.05, 4.69) is 10.3 Å². The number of carbonyl (C=O) groups is 2. The molecule has 2 aromatic heterocycles. The molecule has 7 heteroatoms. The minimum Gasteiger partial charge on any atom is -0.368 e. The van der Waals surface area contributed by atoms with Gasteiger partial charge in [0.2, 0.25) is 5.91 Å². The van der Waals surface area contributed by atoms with Crippen LogP contribution in [0.4, 0.5) is 0 Å². The Bertz CT molecular complexity index is 689. The Labute approximate surface area is 145 Å². The quantitative estimate of drug-likeness (QED) is 0.842. The molecule has 1 aliphatic rings. The van der Waals surface area contributed by atoms with Crippen LogP contribution in [0.1, 0.15) is 54.2 Å². The third kappa shape index (κ3) is 4.03. The molecule has 2 aromatic rings. The second-order valence-corrected chi connectivity index (χ2v) is 7.08. The number of primary amides is 1. The lowest BCUT2D eigenvalue weighted by Gasteiger charge is -2.29. The highest BCUT2D eigenvalue weighted by molar-refractivity contribution is 7.08. The van der Waals surface area contributed by atoms with Crippen LogP contribution in [0, 0.1) is 5.92 Å². The smallest absolute Gasteiger partial charge is 0.252 e. The van der Waals surface area contributed by atoms with Crippen molar-refractivity contribution in [2.45, 2.75) is 44.7 Å². The van der Waals surface area contributed by atoms with Gasteiger partial charge in [-0.2, -0.15) is 11.3 Å². The molecule has 3 rings (SSSR count). The van der Waals surface area contributed by atoms with E-state index in [0.29, 0.717) is 11.5 Å². The molecule has 1 fully saturated rings. The minimum absolute atomic E-state index is 0.0729. The summed E-state index contributed by atoms with van der Waals surface area (Å²) < 4.78 is 1.67. The van der Waals surface area contributed by atoms with Gasteiger partial charge in [-0.15, -0.1) is 0 Å². The second kappa shape index (κ2) is 7.61. The Hall–Kier alpha value is -2.15. The second-order valence-electron chi connectivity index (χ2n) is 6.30. The van der Waals surface area contributed by atoms with Gasteiger partial charge in [-0.25, -0.2) is 4.98 Å². The van der Waals surface area contributed by atoms with E-state index in [-0.39, 0.29) is 18.5 Å². The van der Waals surface area contributed by atoms with Crippen LogP contribution >= 0.6 is 11.3 Å². The van der Waals surface area contributed by atoms with E-state index in [9.17, 15) is 9.59 Å². The third-order valence-corrected chi connectivity index (χ3v) is 5.18. The molecule has 1 aliphatic carbocycles. The van der Waals surface area contributed by atoms with Crippen molar-refractivity contribution >= 4 is 23.2 Å². The van der Waals surface area contributed by atoms with Crippen LogP contribution in [-0.2, 0) is 11.3 Å². The summed E-state index contributed by atoms with van der Waals surface area (Å²) in [4.78, 5) is 28.0. The third-order valence-electron chi connectivity index (χ3n) is 4.50. The summed E-state index contributed by atoms with van der Waals surface area (Å²) >= 11 is 1.51. The van der Waals surface area contributed by atoms with Gasteiger partial charge in [0.25, 0.3) is 5.91 Å². The van der Waals surface area contributed by atoms with Gasteiger partial charge in [0.15, 0.2) is 0 Å². The van der Waals surface area contributed by atoms with Crippen LogP contribution in [0.3, 0.4) is 0 Å². The van der Waals surface area contributed by atoms with Crippen LogP contribution < -0.4 is 11.1 Å². The number of rotatable bonds is 6. The van der Waals surface area contributed by atoms with Crippen LogP contribution in [0.15, 0.2) is 29.4 Å². The Morgan fingerprint density at radius 1 is 1.38 bits per heavy atom. The molecule has 0 bridgehead atoms. The van der Waals surface area contributed by atoms with E-state index in [1.54, 1.807) is 10.9 Å². The van der Waals surface area contributed by atoms with E-state index in [1.807, 2.05) is 23.0 Å². The summed E-state index contributed by atoms with van der Waals surface area (Å²) in [6, 6.07) is 1.69. The van der Waals surface area contributed by atoms with E-state index in [4.69, 9.17) is 5.73 Å². The fourth-order valence-electron chi connectivity index (χ4n) is 3.32.